The molecule has 0 aliphatic heterocycles. The first-order valence-corrected chi connectivity index (χ1v) is 7.17. The molecule has 122 valence electrons. The number of benzene rings is 1. The second-order valence-electron chi connectivity index (χ2n) is 4.35. The van der Waals surface area contributed by atoms with E-state index in [2.05, 4.69) is 10.3 Å². The summed E-state index contributed by atoms with van der Waals surface area (Å²) in [6.07, 6.45) is 2.77. The number of hydrogen-bond donors (Lipinski definition) is 1. The van der Waals surface area contributed by atoms with Crippen LogP contribution in [0.25, 0.3) is 0 Å². The number of aromatic nitrogens is 1. The predicted molar refractivity (Wildman–Crippen MR) is 88.3 cm³/mol. The van der Waals surface area contributed by atoms with E-state index in [0.29, 0.717) is 22.8 Å². The number of halogens is 2. The molecule has 23 heavy (non-hydrogen) atoms. The fourth-order valence-electron chi connectivity index (χ4n) is 1.93. The molecule has 1 heterocycles. The predicted octanol–water partition coefficient (Wildman–Crippen LogP) is 3.67. The first kappa shape index (κ1) is 17.2. The summed E-state index contributed by atoms with van der Waals surface area (Å²) in [5.41, 5.74) is 0.575. The highest BCUT2D eigenvalue weighted by Gasteiger charge is 2.18. The summed E-state index contributed by atoms with van der Waals surface area (Å²) >= 11 is 12.0. The fourth-order valence-corrected chi connectivity index (χ4v) is 2.39. The Morgan fingerprint density at radius 2 is 1.52 bits per heavy atom. The van der Waals surface area contributed by atoms with Gasteiger partial charge in [0.2, 0.25) is 5.75 Å². The first-order chi connectivity index (χ1) is 11.0. The SMILES string of the molecule is COc1cc(C(=O)Nc2c(Cl)cncc2Cl)cc(OC)c1OC. The van der Waals surface area contributed by atoms with Gasteiger partial charge in [0.25, 0.3) is 5.91 Å². The largest absolute Gasteiger partial charge is 0.493 e. The van der Waals surface area contributed by atoms with Gasteiger partial charge in [-0.15, -0.1) is 0 Å². The van der Waals surface area contributed by atoms with Gasteiger partial charge in [0, 0.05) is 18.0 Å². The van der Waals surface area contributed by atoms with E-state index in [-0.39, 0.29) is 15.7 Å². The van der Waals surface area contributed by atoms with Gasteiger partial charge >= 0.3 is 0 Å². The molecule has 2 aromatic rings. The van der Waals surface area contributed by atoms with Crippen LogP contribution < -0.4 is 19.5 Å². The highest BCUT2D eigenvalue weighted by atomic mass is 35.5. The zero-order chi connectivity index (χ0) is 17.0. The minimum atomic E-state index is -0.431. The summed E-state index contributed by atoms with van der Waals surface area (Å²) < 4.78 is 15.7. The maximum Gasteiger partial charge on any atom is 0.256 e. The maximum absolute atomic E-state index is 12.5. The topological polar surface area (TPSA) is 69.7 Å². The molecule has 1 N–H and O–H groups in total. The maximum atomic E-state index is 12.5. The third-order valence-electron chi connectivity index (χ3n) is 3.02. The smallest absolute Gasteiger partial charge is 0.256 e. The van der Waals surface area contributed by atoms with Gasteiger partial charge in [-0.05, 0) is 12.1 Å². The number of rotatable bonds is 5. The monoisotopic (exact) mass is 356 g/mol. The lowest BCUT2D eigenvalue weighted by Crippen LogP contribution is -2.13. The van der Waals surface area contributed by atoms with E-state index in [1.54, 1.807) is 0 Å². The van der Waals surface area contributed by atoms with E-state index in [0.717, 1.165) is 0 Å². The number of ether oxygens (including phenoxy) is 3. The summed E-state index contributed by atoms with van der Waals surface area (Å²) in [6.45, 7) is 0. The molecule has 0 aliphatic carbocycles. The summed E-state index contributed by atoms with van der Waals surface area (Å²) in [5, 5.41) is 3.11. The summed E-state index contributed by atoms with van der Waals surface area (Å²) in [6, 6.07) is 3.05. The van der Waals surface area contributed by atoms with Gasteiger partial charge in [0.05, 0.1) is 37.1 Å². The van der Waals surface area contributed by atoms with E-state index in [9.17, 15) is 4.79 Å². The number of pyridine rings is 1. The van der Waals surface area contributed by atoms with Crippen LogP contribution >= 0.6 is 23.2 Å². The van der Waals surface area contributed by atoms with Gasteiger partial charge in [0.1, 0.15) is 0 Å². The van der Waals surface area contributed by atoms with Crippen LogP contribution in [0.15, 0.2) is 24.5 Å². The van der Waals surface area contributed by atoms with Crippen LogP contribution in [-0.2, 0) is 0 Å². The second-order valence-corrected chi connectivity index (χ2v) is 5.16. The van der Waals surface area contributed by atoms with Crippen LogP contribution in [-0.4, -0.2) is 32.2 Å². The number of anilines is 1. The normalized spacial score (nSPS) is 10.1. The molecule has 0 atom stereocenters. The molecule has 0 saturated carbocycles. The molecule has 0 bridgehead atoms. The Kier molecular flexibility index (Phi) is 5.52. The molecule has 0 unspecified atom stereocenters. The molecular formula is C15H14Cl2N2O4. The molecular weight excluding hydrogens is 343 g/mol. The van der Waals surface area contributed by atoms with Crippen LogP contribution in [0, 0.1) is 0 Å². The van der Waals surface area contributed by atoms with Crippen molar-refractivity contribution in [2.75, 3.05) is 26.6 Å². The zero-order valence-corrected chi connectivity index (χ0v) is 14.2. The second kappa shape index (κ2) is 7.39. The number of carbonyl (C=O) groups is 1. The van der Waals surface area contributed by atoms with E-state index in [1.165, 1.54) is 45.9 Å². The van der Waals surface area contributed by atoms with Crippen LogP contribution in [0.4, 0.5) is 5.69 Å². The van der Waals surface area contributed by atoms with Gasteiger partial charge in [-0.2, -0.15) is 0 Å². The van der Waals surface area contributed by atoms with Gasteiger partial charge in [-0.25, -0.2) is 0 Å². The Hall–Kier alpha value is -2.18. The Morgan fingerprint density at radius 3 is 1.96 bits per heavy atom. The van der Waals surface area contributed by atoms with E-state index in [1.807, 2.05) is 0 Å². The lowest BCUT2D eigenvalue weighted by Gasteiger charge is -2.14. The Morgan fingerprint density at radius 1 is 1.00 bits per heavy atom. The fraction of sp³-hybridized carbons (Fsp3) is 0.200. The minimum absolute atomic E-state index is 0.235. The van der Waals surface area contributed by atoms with Crippen molar-refractivity contribution in [3.05, 3.63) is 40.1 Å². The van der Waals surface area contributed by atoms with Gasteiger partial charge in [-0.1, -0.05) is 23.2 Å². The molecule has 1 aromatic carbocycles. The van der Waals surface area contributed by atoms with Crippen molar-refractivity contribution in [1.29, 1.82) is 0 Å². The standard InChI is InChI=1S/C15H14Cl2N2O4/c1-21-11-4-8(5-12(22-2)14(11)23-3)15(20)19-13-9(16)6-18-7-10(13)17/h4-7H,1-3H3,(H,18,19,20). The zero-order valence-electron chi connectivity index (χ0n) is 12.6. The third kappa shape index (κ3) is 3.60. The Bertz CT molecular complexity index is 692. The number of methoxy groups -OCH3 is 3. The van der Waals surface area contributed by atoms with Crippen LogP contribution in [0.3, 0.4) is 0 Å². The van der Waals surface area contributed by atoms with Crippen LogP contribution in [0.1, 0.15) is 10.4 Å². The highest BCUT2D eigenvalue weighted by Crippen LogP contribution is 2.38. The molecule has 8 heteroatoms. The van der Waals surface area contributed by atoms with Crippen molar-refractivity contribution in [1.82, 2.24) is 4.98 Å². The Balaban J connectivity index is 2.40. The highest BCUT2D eigenvalue weighted by molar-refractivity contribution is 6.39. The summed E-state index contributed by atoms with van der Waals surface area (Å²) in [4.78, 5) is 16.3. The van der Waals surface area contributed by atoms with Crippen molar-refractivity contribution in [2.45, 2.75) is 0 Å². The van der Waals surface area contributed by atoms with Crippen molar-refractivity contribution in [2.24, 2.45) is 0 Å². The number of amides is 1. The summed E-state index contributed by atoms with van der Waals surface area (Å²) in [5.74, 6) is 0.693. The van der Waals surface area contributed by atoms with E-state index in [4.69, 9.17) is 37.4 Å². The number of nitrogens with one attached hydrogen (secondary N) is 1. The minimum Gasteiger partial charge on any atom is -0.493 e. The first-order valence-electron chi connectivity index (χ1n) is 6.42. The molecule has 6 nitrogen and oxygen atoms in total. The molecule has 0 aliphatic rings. The van der Waals surface area contributed by atoms with Crippen LogP contribution in [0.2, 0.25) is 10.0 Å². The lowest BCUT2D eigenvalue weighted by atomic mass is 10.1. The molecule has 2 rings (SSSR count). The van der Waals surface area contributed by atoms with Crippen LogP contribution in [0.5, 0.6) is 17.2 Å². The molecule has 0 radical (unpaired) electrons. The number of carbonyl (C=O) groups excluding carboxylic acids is 1. The van der Waals surface area contributed by atoms with Crippen molar-refractivity contribution < 1.29 is 19.0 Å². The van der Waals surface area contributed by atoms with Crippen molar-refractivity contribution >= 4 is 34.8 Å². The van der Waals surface area contributed by atoms with Gasteiger partial charge in [-0.3, -0.25) is 9.78 Å². The van der Waals surface area contributed by atoms with E-state index >= 15 is 0 Å². The quantitative estimate of drug-likeness (QED) is 0.884. The van der Waals surface area contributed by atoms with Crippen molar-refractivity contribution in [3.8, 4) is 17.2 Å². The molecule has 0 fully saturated rings. The van der Waals surface area contributed by atoms with E-state index < -0.39 is 5.91 Å². The molecule has 0 spiro atoms. The molecule has 1 aromatic heterocycles. The molecule has 1 amide bonds. The van der Waals surface area contributed by atoms with Gasteiger partial charge in [0.15, 0.2) is 11.5 Å². The molecule has 0 saturated heterocycles. The number of hydrogen-bond acceptors (Lipinski definition) is 5. The van der Waals surface area contributed by atoms with Crippen molar-refractivity contribution in [3.63, 3.8) is 0 Å². The third-order valence-corrected chi connectivity index (χ3v) is 3.59. The Labute approximate surface area is 143 Å². The summed E-state index contributed by atoms with van der Waals surface area (Å²) in [7, 11) is 4.42. The average molecular weight is 357 g/mol. The lowest BCUT2D eigenvalue weighted by molar-refractivity contribution is 0.102. The van der Waals surface area contributed by atoms with Gasteiger partial charge < -0.3 is 19.5 Å². The number of nitrogens with zero attached hydrogens (tertiary/aromatic N) is 1. The average Bonchev–Trinajstić information content (AvgIpc) is 2.56.